The van der Waals surface area contributed by atoms with Crippen molar-refractivity contribution in [2.24, 2.45) is 0 Å². The number of rotatable bonds is 3. The summed E-state index contributed by atoms with van der Waals surface area (Å²) in [6.45, 7) is 0. The minimum absolute atomic E-state index is 0.201. The molecule has 0 radical (unpaired) electrons. The standard InChI is InChI=1S/C14H11F3IN/c1-19-14(10-4-2-9(16)7-13(10)18)11-6-8(15)3-5-12(11)17/h2-7,14,19H,1H3. The highest BCUT2D eigenvalue weighted by atomic mass is 127. The molecule has 1 nitrogen and oxygen atoms in total. The molecule has 2 aromatic carbocycles. The molecule has 0 heterocycles. The zero-order chi connectivity index (χ0) is 14.0. The predicted molar refractivity (Wildman–Crippen MR) is 76.4 cm³/mol. The summed E-state index contributed by atoms with van der Waals surface area (Å²) >= 11 is 1.98. The van der Waals surface area contributed by atoms with Gasteiger partial charge in [0.05, 0.1) is 6.04 Å². The van der Waals surface area contributed by atoms with Crippen LogP contribution in [0, 0.1) is 21.0 Å². The lowest BCUT2D eigenvalue weighted by Crippen LogP contribution is -2.20. The average Bonchev–Trinajstić information content (AvgIpc) is 2.36. The predicted octanol–water partition coefficient (Wildman–Crippen LogP) is 4.02. The molecule has 0 spiro atoms. The van der Waals surface area contributed by atoms with Crippen LogP contribution < -0.4 is 5.32 Å². The number of nitrogens with one attached hydrogen (secondary N) is 1. The smallest absolute Gasteiger partial charge is 0.128 e. The van der Waals surface area contributed by atoms with Crippen molar-refractivity contribution in [2.45, 2.75) is 6.04 Å². The van der Waals surface area contributed by atoms with Crippen molar-refractivity contribution in [1.29, 1.82) is 0 Å². The molecule has 0 aromatic heterocycles. The van der Waals surface area contributed by atoms with Gasteiger partial charge in [-0.2, -0.15) is 0 Å². The van der Waals surface area contributed by atoms with Gasteiger partial charge in [0.1, 0.15) is 17.5 Å². The molecule has 5 heteroatoms. The summed E-state index contributed by atoms with van der Waals surface area (Å²) in [6.07, 6.45) is 0. The summed E-state index contributed by atoms with van der Waals surface area (Å²) in [5.74, 6) is -1.36. The molecule has 1 atom stereocenters. The van der Waals surface area contributed by atoms with E-state index < -0.39 is 17.7 Å². The Labute approximate surface area is 123 Å². The Balaban J connectivity index is 2.52. The van der Waals surface area contributed by atoms with Crippen molar-refractivity contribution in [2.75, 3.05) is 7.05 Å². The largest absolute Gasteiger partial charge is 0.309 e. The first-order valence-corrected chi connectivity index (χ1v) is 6.68. The van der Waals surface area contributed by atoms with E-state index in [-0.39, 0.29) is 11.4 Å². The first-order valence-electron chi connectivity index (χ1n) is 5.60. The molecule has 0 saturated heterocycles. The fourth-order valence-electron chi connectivity index (χ4n) is 1.95. The normalized spacial score (nSPS) is 12.5. The van der Waals surface area contributed by atoms with Crippen LogP contribution in [0.25, 0.3) is 0 Å². The van der Waals surface area contributed by atoms with E-state index in [4.69, 9.17) is 0 Å². The molecular weight excluding hydrogens is 366 g/mol. The fraction of sp³-hybridized carbons (Fsp3) is 0.143. The molecule has 0 aliphatic heterocycles. The molecule has 0 bridgehead atoms. The van der Waals surface area contributed by atoms with Crippen LogP contribution in [0.3, 0.4) is 0 Å². The van der Waals surface area contributed by atoms with Gasteiger partial charge in [-0.15, -0.1) is 0 Å². The summed E-state index contributed by atoms with van der Waals surface area (Å²) in [7, 11) is 1.65. The van der Waals surface area contributed by atoms with Gasteiger partial charge in [0.15, 0.2) is 0 Å². The van der Waals surface area contributed by atoms with E-state index in [1.165, 1.54) is 12.1 Å². The molecule has 0 amide bonds. The average molecular weight is 377 g/mol. The third-order valence-corrected chi connectivity index (χ3v) is 3.77. The SMILES string of the molecule is CNC(c1cc(F)ccc1F)c1ccc(F)cc1I. The number of benzene rings is 2. The van der Waals surface area contributed by atoms with Crippen LogP contribution in [0.5, 0.6) is 0 Å². The highest BCUT2D eigenvalue weighted by Gasteiger charge is 2.19. The summed E-state index contributed by atoms with van der Waals surface area (Å²) in [5.41, 5.74) is 0.904. The van der Waals surface area contributed by atoms with Crippen molar-refractivity contribution in [1.82, 2.24) is 5.32 Å². The van der Waals surface area contributed by atoms with Gasteiger partial charge in [0.25, 0.3) is 0 Å². The lowest BCUT2D eigenvalue weighted by molar-refractivity contribution is 0.556. The molecule has 100 valence electrons. The van der Waals surface area contributed by atoms with Crippen LogP contribution >= 0.6 is 22.6 Å². The van der Waals surface area contributed by atoms with Crippen molar-refractivity contribution in [3.8, 4) is 0 Å². The Morgan fingerprint density at radius 1 is 0.947 bits per heavy atom. The topological polar surface area (TPSA) is 12.0 Å². The van der Waals surface area contributed by atoms with Gasteiger partial charge >= 0.3 is 0 Å². The Hall–Kier alpha value is -1.08. The van der Waals surface area contributed by atoms with E-state index in [1.54, 1.807) is 13.1 Å². The van der Waals surface area contributed by atoms with Crippen LogP contribution in [0.4, 0.5) is 13.2 Å². The molecular formula is C14H11F3IN. The third-order valence-electron chi connectivity index (χ3n) is 2.83. The third kappa shape index (κ3) is 3.09. The van der Waals surface area contributed by atoms with E-state index in [9.17, 15) is 13.2 Å². The van der Waals surface area contributed by atoms with E-state index in [0.29, 0.717) is 9.13 Å². The van der Waals surface area contributed by atoms with Gasteiger partial charge in [0, 0.05) is 9.13 Å². The first kappa shape index (κ1) is 14.3. The van der Waals surface area contributed by atoms with Crippen molar-refractivity contribution in [3.63, 3.8) is 0 Å². The summed E-state index contributed by atoms with van der Waals surface area (Å²) < 4.78 is 40.8. The van der Waals surface area contributed by atoms with Crippen molar-refractivity contribution in [3.05, 3.63) is 68.5 Å². The van der Waals surface area contributed by atoms with E-state index in [1.807, 2.05) is 22.6 Å². The Morgan fingerprint density at radius 3 is 2.21 bits per heavy atom. The Bertz CT molecular complexity index is 601. The summed E-state index contributed by atoms with van der Waals surface area (Å²) in [6, 6.07) is 7.02. The van der Waals surface area contributed by atoms with E-state index >= 15 is 0 Å². The Kier molecular flexibility index (Phi) is 4.46. The van der Waals surface area contributed by atoms with Gasteiger partial charge < -0.3 is 5.32 Å². The maximum atomic E-state index is 13.8. The highest BCUT2D eigenvalue weighted by Crippen LogP contribution is 2.28. The molecule has 2 aromatic rings. The monoisotopic (exact) mass is 377 g/mol. The van der Waals surface area contributed by atoms with Crippen LogP contribution in [0.15, 0.2) is 36.4 Å². The van der Waals surface area contributed by atoms with Gasteiger partial charge in [-0.05, 0) is 65.5 Å². The lowest BCUT2D eigenvalue weighted by atomic mass is 9.98. The molecule has 0 fully saturated rings. The maximum Gasteiger partial charge on any atom is 0.128 e. The van der Waals surface area contributed by atoms with Crippen LogP contribution in [-0.4, -0.2) is 7.05 Å². The second-order valence-electron chi connectivity index (χ2n) is 4.05. The second kappa shape index (κ2) is 5.92. The van der Waals surface area contributed by atoms with Gasteiger partial charge in [0.2, 0.25) is 0 Å². The maximum absolute atomic E-state index is 13.8. The zero-order valence-electron chi connectivity index (χ0n) is 10.1. The Morgan fingerprint density at radius 2 is 1.58 bits per heavy atom. The molecule has 1 N–H and O–H groups in total. The minimum Gasteiger partial charge on any atom is -0.309 e. The molecule has 19 heavy (non-hydrogen) atoms. The molecule has 2 rings (SSSR count). The molecule has 0 aliphatic rings. The summed E-state index contributed by atoms with van der Waals surface area (Å²) in [4.78, 5) is 0. The molecule has 1 unspecified atom stereocenters. The first-order chi connectivity index (χ1) is 9.02. The highest BCUT2D eigenvalue weighted by molar-refractivity contribution is 14.1. The van der Waals surface area contributed by atoms with Crippen LogP contribution in [-0.2, 0) is 0 Å². The number of halogens is 4. The number of hydrogen-bond acceptors (Lipinski definition) is 1. The van der Waals surface area contributed by atoms with Crippen molar-refractivity contribution < 1.29 is 13.2 Å². The van der Waals surface area contributed by atoms with Crippen LogP contribution in [0.1, 0.15) is 17.2 Å². The van der Waals surface area contributed by atoms with Crippen LogP contribution in [0.2, 0.25) is 0 Å². The van der Waals surface area contributed by atoms with Gasteiger partial charge in [-0.25, -0.2) is 13.2 Å². The van der Waals surface area contributed by atoms with E-state index in [2.05, 4.69) is 5.32 Å². The summed E-state index contributed by atoms with van der Waals surface area (Å²) in [5, 5.41) is 2.93. The fourth-order valence-corrected chi connectivity index (χ4v) is 2.74. The van der Waals surface area contributed by atoms with E-state index in [0.717, 1.165) is 18.2 Å². The number of hydrogen-bond donors (Lipinski definition) is 1. The quantitative estimate of drug-likeness (QED) is 0.797. The minimum atomic E-state index is -0.525. The molecule has 0 saturated carbocycles. The lowest BCUT2D eigenvalue weighted by Gasteiger charge is -2.19. The van der Waals surface area contributed by atoms with Crippen molar-refractivity contribution >= 4 is 22.6 Å². The van der Waals surface area contributed by atoms with Gasteiger partial charge in [-0.1, -0.05) is 6.07 Å². The molecule has 0 aliphatic carbocycles. The van der Waals surface area contributed by atoms with Gasteiger partial charge in [-0.3, -0.25) is 0 Å². The second-order valence-corrected chi connectivity index (χ2v) is 5.22. The zero-order valence-corrected chi connectivity index (χ0v) is 12.2.